The Morgan fingerprint density at radius 2 is 1.21 bits per heavy atom. The van der Waals surface area contributed by atoms with Crippen molar-refractivity contribution in [3.63, 3.8) is 0 Å². The lowest BCUT2D eigenvalue weighted by atomic mass is 10.1. The summed E-state index contributed by atoms with van der Waals surface area (Å²) < 4.78 is 28.1. The van der Waals surface area contributed by atoms with Gasteiger partial charge < -0.3 is 15.5 Å². The zero-order chi connectivity index (χ0) is 23.8. The molecule has 170 valence electrons. The van der Waals surface area contributed by atoms with Crippen molar-refractivity contribution >= 4 is 35.0 Å². The second-order valence-corrected chi connectivity index (χ2v) is 7.19. The zero-order valence-corrected chi connectivity index (χ0v) is 18.4. The molecule has 33 heavy (non-hydrogen) atoms. The number of para-hydroxylation sites is 2. The molecule has 0 saturated heterocycles. The van der Waals surface area contributed by atoms with E-state index in [9.17, 15) is 18.4 Å². The summed E-state index contributed by atoms with van der Waals surface area (Å²) in [6, 6.07) is 18.6. The number of anilines is 3. The molecule has 3 aromatic carbocycles. The smallest absolute Gasteiger partial charge is 0.261 e. The second kappa shape index (κ2) is 11.0. The number of hydrogen-bond donors (Lipinski definition) is 2. The maximum absolute atomic E-state index is 14.0. The van der Waals surface area contributed by atoms with Crippen LogP contribution < -0.4 is 15.5 Å². The average molecular weight is 450 g/mol. The summed E-state index contributed by atoms with van der Waals surface area (Å²) in [5.74, 6) is -2.91. The van der Waals surface area contributed by atoms with E-state index in [-0.39, 0.29) is 16.9 Å². The zero-order valence-electron chi connectivity index (χ0n) is 18.4. The SMILES string of the molecule is CCN(CC)c1ccc(C=C(C(=O)Nc2ccccc2F)C(=O)Nc2ccccc2F)cc1. The Kier molecular flexibility index (Phi) is 7.91. The molecule has 0 aliphatic rings. The van der Waals surface area contributed by atoms with Gasteiger partial charge in [0.05, 0.1) is 11.4 Å². The lowest BCUT2D eigenvalue weighted by Gasteiger charge is -2.21. The molecule has 0 fully saturated rings. The molecule has 2 amide bonds. The van der Waals surface area contributed by atoms with Crippen LogP contribution in [-0.4, -0.2) is 24.9 Å². The molecule has 0 unspecified atom stereocenters. The van der Waals surface area contributed by atoms with Crippen molar-refractivity contribution in [2.24, 2.45) is 0 Å². The molecule has 3 aromatic rings. The van der Waals surface area contributed by atoms with Crippen LogP contribution in [0.15, 0.2) is 78.4 Å². The number of nitrogens with zero attached hydrogens (tertiary/aromatic N) is 1. The Morgan fingerprint density at radius 3 is 1.64 bits per heavy atom. The van der Waals surface area contributed by atoms with Crippen LogP contribution in [0.4, 0.5) is 25.8 Å². The maximum Gasteiger partial charge on any atom is 0.261 e. The lowest BCUT2D eigenvalue weighted by molar-refractivity contribution is -0.118. The number of benzene rings is 3. The predicted octanol–water partition coefficient (Wildman–Crippen LogP) is 5.47. The van der Waals surface area contributed by atoms with Gasteiger partial charge in [-0.05, 0) is 61.9 Å². The van der Waals surface area contributed by atoms with Gasteiger partial charge in [-0.2, -0.15) is 0 Å². The first-order chi connectivity index (χ1) is 15.9. The third-order valence-corrected chi connectivity index (χ3v) is 5.07. The van der Waals surface area contributed by atoms with Crippen molar-refractivity contribution in [3.8, 4) is 0 Å². The van der Waals surface area contributed by atoms with Crippen LogP contribution in [0.25, 0.3) is 6.08 Å². The van der Waals surface area contributed by atoms with Crippen molar-refractivity contribution in [2.45, 2.75) is 13.8 Å². The fraction of sp³-hybridized carbons (Fsp3) is 0.154. The van der Waals surface area contributed by atoms with Crippen molar-refractivity contribution in [1.29, 1.82) is 0 Å². The van der Waals surface area contributed by atoms with Gasteiger partial charge in [-0.3, -0.25) is 9.59 Å². The summed E-state index contributed by atoms with van der Waals surface area (Å²) in [6.45, 7) is 5.78. The first kappa shape index (κ1) is 23.7. The van der Waals surface area contributed by atoms with E-state index in [2.05, 4.69) is 29.4 Å². The molecule has 0 atom stereocenters. The minimum Gasteiger partial charge on any atom is -0.372 e. The molecule has 0 aliphatic heterocycles. The van der Waals surface area contributed by atoms with Crippen LogP contribution in [0, 0.1) is 11.6 Å². The summed E-state index contributed by atoms with van der Waals surface area (Å²) in [6.07, 6.45) is 1.39. The minimum absolute atomic E-state index is 0.0658. The third-order valence-electron chi connectivity index (χ3n) is 5.07. The molecule has 5 nitrogen and oxygen atoms in total. The number of carbonyl (C=O) groups is 2. The van der Waals surface area contributed by atoms with Crippen LogP contribution in [0.5, 0.6) is 0 Å². The van der Waals surface area contributed by atoms with Crippen LogP contribution in [0.3, 0.4) is 0 Å². The fourth-order valence-corrected chi connectivity index (χ4v) is 3.28. The molecular weight excluding hydrogens is 424 g/mol. The summed E-state index contributed by atoms with van der Waals surface area (Å²) in [4.78, 5) is 28.0. The Hall–Kier alpha value is -4.00. The number of halogens is 2. The highest BCUT2D eigenvalue weighted by molar-refractivity contribution is 6.28. The van der Waals surface area contributed by atoms with Crippen LogP contribution >= 0.6 is 0 Å². The van der Waals surface area contributed by atoms with Gasteiger partial charge >= 0.3 is 0 Å². The molecule has 3 rings (SSSR count). The van der Waals surface area contributed by atoms with Crippen molar-refractivity contribution in [3.05, 3.63) is 95.6 Å². The highest BCUT2D eigenvalue weighted by atomic mass is 19.1. The minimum atomic E-state index is -0.818. The monoisotopic (exact) mass is 449 g/mol. The van der Waals surface area contributed by atoms with E-state index in [1.807, 2.05) is 12.1 Å². The Labute approximate surface area is 191 Å². The number of hydrogen-bond acceptors (Lipinski definition) is 3. The van der Waals surface area contributed by atoms with Crippen molar-refractivity contribution in [1.82, 2.24) is 0 Å². The number of carbonyl (C=O) groups excluding carboxylic acids is 2. The van der Waals surface area contributed by atoms with Crippen molar-refractivity contribution < 1.29 is 18.4 Å². The molecular formula is C26H25F2N3O2. The molecule has 2 N–H and O–H groups in total. The molecule has 0 radical (unpaired) electrons. The van der Waals surface area contributed by atoms with Gasteiger partial charge in [0.25, 0.3) is 11.8 Å². The van der Waals surface area contributed by atoms with E-state index in [0.29, 0.717) is 5.56 Å². The molecule has 0 bridgehead atoms. The fourth-order valence-electron chi connectivity index (χ4n) is 3.28. The first-order valence-electron chi connectivity index (χ1n) is 10.6. The molecule has 0 aliphatic carbocycles. The van der Waals surface area contributed by atoms with Gasteiger partial charge in [0, 0.05) is 18.8 Å². The van der Waals surface area contributed by atoms with Crippen LogP contribution in [-0.2, 0) is 9.59 Å². The topological polar surface area (TPSA) is 61.4 Å². The van der Waals surface area contributed by atoms with E-state index < -0.39 is 23.4 Å². The van der Waals surface area contributed by atoms with E-state index in [4.69, 9.17) is 0 Å². The molecule has 7 heteroatoms. The Bertz CT molecular complexity index is 1090. The molecule has 0 heterocycles. The largest absolute Gasteiger partial charge is 0.372 e. The summed E-state index contributed by atoms with van der Waals surface area (Å²) in [5, 5.41) is 4.83. The van der Waals surface area contributed by atoms with Gasteiger partial charge in [-0.1, -0.05) is 36.4 Å². The van der Waals surface area contributed by atoms with Crippen LogP contribution in [0.2, 0.25) is 0 Å². The average Bonchev–Trinajstić information content (AvgIpc) is 2.82. The summed E-state index contributed by atoms with van der Waals surface area (Å²) in [7, 11) is 0. The number of nitrogens with one attached hydrogen (secondary N) is 2. The quantitative estimate of drug-likeness (QED) is 0.272. The summed E-state index contributed by atoms with van der Waals surface area (Å²) >= 11 is 0. The van der Waals surface area contributed by atoms with E-state index in [1.54, 1.807) is 24.3 Å². The van der Waals surface area contributed by atoms with E-state index in [0.717, 1.165) is 18.8 Å². The first-order valence-corrected chi connectivity index (χ1v) is 10.6. The molecule has 0 saturated carbocycles. The van der Waals surface area contributed by atoms with E-state index >= 15 is 0 Å². The molecule has 0 aromatic heterocycles. The summed E-state index contributed by atoms with van der Waals surface area (Å²) in [5.41, 5.74) is 1.17. The Morgan fingerprint density at radius 1 is 0.758 bits per heavy atom. The highest BCUT2D eigenvalue weighted by Gasteiger charge is 2.21. The van der Waals surface area contributed by atoms with Crippen LogP contribution in [0.1, 0.15) is 19.4 Å². The molecule has 0 spiro atoms. The maximum atomic E-state index is 14.0. The number of amides is 2. The number of rotatable bonds is 8. The third kappa shape index (κ3) is 6.04. The standard InChI is InChI=1S/C26H25F2N3O2/c1-3-31(4-2)19-15-13-18(14-16-19)17-20(25(32)29-23-11-7-5-9-21(23)27)26(33)30-24-12-8-6-10-22(24)28/h5-17H,3-4H2,1-2H3,(H,29,32)(H,30,33). The lowest BCUT2D eigenvalue weighted by Crippen LogP contribution is -2.26. The van der Waals surface area contributed by atoms with Gasteiger partial charge in [0.15, 0.2) is 0 Å². The van der Waals surface area contributed by atoms with Gasteiger partial charge in [-0.25, -0.2) is 8.78 Å². The van der Waals surface area contributed by atoms with Gasteiger partial charge in [0.2, 0.25) is 0 Å². The van der Waals surface area contributed by atoms with Crippen molar-refractivity contribution in [2.75, 3.05) is 28.6 Å². The highest BCUT2D eigenvalue weighted by Crippen LogP contribution is 2.20. The second-order valence-electron chi connectivity index (χ2n) is 7.19. The van der Waals surface area contributed by atoms with Gasteiger partial charge in [0.1, 0.15) is 17.2 Å². The van der Waals surface area contributed by atoms with Gasteiger partial charge in [-0.15, -0.1) is 0 Å². The normalized spacial score (nSPS) is 10.3. The van der Waals surface area contributed by atoms with E-state index in [1.165, 1.54) is 42.5 Å². The predicted molar refractivity (Wildman–Crippen MR) is 128 cm³/mol. The Balaban J connectivity index is 1.93.